The van der Waals surface area contributed by atoms with Crippen LogP contribution in [-0.2, 0) is 17.8 Å². The van der Waals surface area contributed by atoms with E-state index >= 15 is 0 Å². The molecular weight excluding hydrogens is 206 g/mol. The fourth-order valence-electron chi connectivity index (χ4n) is 1.70. The van der Waals surface area contributed by atoms with Gasteiger partial charge in [-0.2, -0.15) is 4.98 Å². The van der Waals surface area contributed by atoms with Gasteiger partial charge in [0.25, 0.3) is 0 Å². The Labute approximate surface area is 96.4 Å². The Morgan fingerprint density at radius 3 is 2.88 bits per heavy atom. The maximum Gasteiger partial charge on any atom is 0.226 e. The average molecular weight is 227 g/mol. The minimum Gasteiger partial charge on any atom is -0.377 e. The average Bonchev–Trinajstić information content (AvgIpc) is 2.72. The van der Waals surface area contributed by atoms with Gasteiger partial charge in [0.05, 0.1) is 0 Å². The molecule has 0 aliphatic heterocycles. The molecule has 0 spiro atoms. The van der Waals surface area contributed by atoms with E-state index in [9.17, 15) is 0 Å². The molecule has 2 N–H and O–H groups in total. The van der Waals surface area contributed by atoms with Crippen molar-refractivity contribution < 1.29 is 9.26 Å². The van der Waals surface area contributed by atoms with Gasteiger partial charge in [-0.1, -0.05) is 18.5 Å². The zero-order chi connectivity index (χ0) is 11.8. The van der Waals surface area contributed by atoms with Crippen molar-refractivity contribution in [2.75, 3.05) is 13.7 Å². The molecule has 1 rings (SSSR count). The summed E-state index contributed by atoms with van der Waals surface area (Å²) in [5, 5.41) is 3.82. The van der Waals surface area contributed by atoms with E-state index in [0.29, 0.717) is 24.2 Å². The molecule has 5 heteroatoms. The van der Waals surface area contributed by atoms with E-state index in [1.165, 1.54) is 0 Å². The molecule has 0 aliphatic rings. The lowest BCUT2D eigenvalue weighted by atomic mass is 9.97. The molecule has 1 unspecified atom stereocenters. The lowest BCUT2D eigenvalue weighted by molar-refractivity contribution is 0.174. The van der Waals surface area contributed by atoms with Gasteiger partial charge < -0.3 is 15.0 Å². The zero-order valence-electron chi connectivity index (χ0n) is 10.1. The molecule has 1 atom stereocenters. The van der Waals surface area contributed by atoms with Crippen molar-refractivity contribution in [1.82, 2.24) is 10.1 Å². The quantitative estimate of drug-likeness (QED) is 0.729. The van der Waals surface area contributed by atoms with Crippen LogP contribution in [0.2, 0.25) is 0 Å². The summed E-state index contributed by atoms with van der Waals surface area (Å²) >= 11 is 0. The van der Waals surface area contributed by atoms with Crippen molar-refractivity contribution in [1.29, 1.82) is 0 Å². The SMILES string of the molecule is CCC(CCN)CCc1nc(COC)no1. The van der Waals surface area contributed by atoms with Crippen LogP contribution in [0.25, 0.3) is 0 Å². The second kappa shape index (κ2) is 7.35. The van der Waals surface area contributed by atoms with Gasteiger partial charge in [0.2, 0.25) is 5.89 Å². The van der Waals surface area contributed by atoms with Crippen molar-refractivity contribution in [2.24, 2.45) is 11.7 Å². The van der Waals surface area contributed by atoms with Crippen LogP contribution >= 0.6 is 0 Å². The van der Waals surface area contributed by atoms with Crippen LogP contribution in [0.15, 0.2) is 4.52 Å². The highest BCUT2D eigenvalue weighted by atomic mass is 16.5. The number of methoxy groups -OCH3 is 1. The van der Waals surface area contributed by atoms with E-state index in [2.05, 4.69) is 17.1 Å². The molecule has 16 heavy (non-hydrogen) atoms. The molecule has 0 saturated carbocycles. The minimum absolute atomic E-state index is 0.406. The van der Waals surface area contributed by atoms with E-state index in [1.54, 1.807) is 7.11 Å². The summed E-state index contributed by atoms with van der Waals surface area (Å²) in [6.07, 6.45) is 4.10. The lowest BCUT2D eigenvalue weighted by Gasteiger charge is -2.11. The zero-order valence-corrected chi connectivity index (χ0v) is 10.1. The van der Waals surface area contributed by atoms with Crippen LogP contribution < -0.4 is 5.73 Å². The highest BCUT2D eigenvalue weighted by Crippen LogP contribution is 2.15. The van der Waals surface area contributed by atoms with Crippen molar-refractivity contribution in [3.8, 4) is 0 Å². The van der Waals surface area contributed by atoms with E-state index in [-0.39, 0.29) is 0 Å². The van der Waals surface area contributed by atoms with Gasteiger partial charge >= 0.3 is 0 Å². The third kappa shape index (κ3) is 4.28. The molecule has 0 radical (unpaired) electrons. The lowest BCUT2D eigenvalue weighted by Crippen LogP contribution is -2.09. The number of nitrogens with two attached hydrogens (primary N) is 1. The summed E-state index contributed by atoms with van der Waals surface area (Å²) in [5.74, 6) is 1.97. The van der Waals surface area contributed by atoms with E-state index in [1.807, 2.05) is 0 Å². The Kier molecular flexibility index (Phi) is 6.03. The standard InChI is InChI=1S/C11H21N3O2/c1-3-9(6-7-12)4-5-11-13-10(8-15-2)14-16-11/h9H,3-8,12H2,1-2H3. The topological polar surface area (TPSA) is 74.2 Å². The molecule has 1 aromatic heterocycles. The smallest absolute Gasteiger partial charge is 0.226 e. The van der Waals surface area contributed by atoms with Crippen molar-refractivity contribution in [3.63, 3.8) is 0 Å². The van der Waals surface area contributed by atoms with Gasteiger partial charge in [-0.05, 0) is 25.3 Å². The highest BCUT2D eigenvalue weighted by molar-refractivity contribution is 4.85. The Morgan fingerprint density at radius 2 is 2.25 bits per heavy atom. The molecule has 1 heterocycles. The van der Waals surface area contributed by atoms with Crippen molar-refractivity contribution in [2.45, 2.75) is 39.2 Å². The van der Waals surface area contributed by atoms with Crippen molar-refractivity contribution >= 4 is 0 Å². The first-order valence-corrected chi connectivity index (χ1v) is 5.80. The fraction of sp³-hybridized carbons (Fsp3) is 0.818. The Hall–Kier alpha value is -0.940. The molecule has 0 fully saturated rings. The summed E-state index contributed by atoms with van der Waals surface area (Å²) in [4.78, 5) is 4.23. The molecule has 1 aromatic rings. The number of aromatic nitrogens is 2. The van der Waals surface area contributed by atoms with Crippen LogP contribution in [-0.4, -0.2) is 23.8 Å². The second-order valence-corrected chi connectivity index (χ2v) is 3.93. The Balaban J connectivity index is 2.34. The van der Waals surface area contributed by atoms with E-state index in [4.69, 9.17) is 15.0 Å². The number of nitrogens with zero attached hydrogens (tertiary/aromatic N) is 2. The van der Waals surface area contributed by atoms with Gasteiger partial charge in [0.15, 0.2) is 5.82 Å². The first-order chi connectivity index (χ1) is 7.80. The van der Waals surface area contributed by atoms with E-state index in [0.717, 1.165) is 32.2 Å². The fourth-order valence-corrected chi connectivity index (χ4v) is 1.70. The number of hydrogen-bond acceptors (Lipinski definition) is 5. The first kappa shape index (κ1) is 13.1. The van der Waals surface area contributed by atoms with Crippen LogP contribution in [0.5, 0.6) is 0 Å². The van der Waals surface area contributed by atoms with Crippen molar-refractivity contribution in [3.05, 3.63) is 11.7 Å². The van der Waals surface area contributed by atoms with Gasteiger partial charge in [0, 0.05) is 13.5 Å². The third-order valence-electron chi connectivity index (χ3n) is 2.70. The van der Waals surface area contributed by atoms with Gasteiger partial charge in [-0.3, -0.25) is 0 Å². The monoisotopic (exact) mass is 227 g/mol. The summed E-state index contributed by atoms with van der Waals surface area (Å²) in [7, 11) is 1.62. The Bertz CT molecular complexity index is 289. The van der Waals surface area contributed by atoms with Gasteiger partial charge in [-0.15, -0.1) is 0 Å². The first-order valence-electron chi connectivity index (χ1n) is 5.80. The van der Waals surface area contributed by atoms with Crippen LogP contribution in [0.3, 0.4) is 0 Å². The molecule has 0 saturated heterocycles. The van der Waals surface area contributed by atoms with Crippen LogP contribution in [0, 0.1) is 5.92 Å². The predicted octanol–water partition coefficient (Wildman–Crippen LogP) is 1.52. The molecule has 5 nitrogen and oxygen atoms in total. The summed E-state index contributed by atoms with van der Waals surface area (Å²) in [5.41, 5.74) is 5.55. The van der Waals surface area contributed by atoms with Gasteiger partial charge in [0.1, 0.15) is 6.61 Å². The number of hydrogen-bond donors (Lipinski definition) is 1. The third-order valence-corrected chi connectivity index (χ3v) is 2.70. The number of aryl methyl sites for hydroxylation is 1. The maximum absolute atomic E-state index is 5.55. The molecule has 0 amide bonds. The van der Waals surface area contributed by atoms with E-state index < -0.39 is 0 Å². The summed E-state index contributed by atoms with van der Waals surface area (Å²) in [6.45, 7) is 3.34. The largest absolute Gasteiger partial charge is 0.377 e. The summed E-state index contributed by atoms with van der Waals surface area (Å²) < 4.78 is 10.0. The van der Waals surface area contributed by atoms with Crippen LogP contribution in [0.1, 0.15) is 37.9 Å². The molecule has 0 aliphatic carbocycles. The number of rotatable bonds is 8. The molecule has 0 bridgehead atoms. The van der Waals surface area contributed by atoms with Crippen LogP contribution in [0.4, 0.5) is 0 Å². The maximum atomic E-state index is 5.55. The molecule has 0 aromatic carbocycles. The highest BCUT2D eigenvalue weighted by Gasteiger charge is 2.10. The van der Waals surface area contributed by atoms with Gasteiger partial charge in [-0.25, -0.2) is 0 Å². The minimum atomic E-state index is 0.406. The normalized spacial score (nSPS) is 12.9. The number of ether oxygens (including phenoxy) is 1. The predicted molar refractivity (Wildman–Crippen MR) is 60.8 cm³/mol. The Morgan fingerprint density at radius 1 is 1.44 bits per heavy atom. The molecule has 92 valence electrons. The summed E-state index contributed by atoms with van der Waals surface area (Å²) in [6, 6.07) is 0. The molecular formula is C11H21N3O2. The second-order valence-electron chi connectivity index (χ2n) is 3.93.